The lowest BCUT2D eigenvalue weighted by molar-refractivity contribution is 0.0689. The lowest BCUT2D eigenvalue weighted by atomic mass is 10.3. The third kappa shape index (κ3) is 1.56. The van der Waals surface area contributed by atoms with Gasteiger partial charge in [-0.1, -0.05) is 11.3 Å². The quantitative estimate of drug-likeness (QED) is 0.777. The van der Waals surface area contributed by atoms with Gasteiger partial charge in [0.05, 0.1) is 5.69 Å². The molecule has 15 heavy (non-hydrogen) atoms. The van der Waals surface area contributed by atoms with Crippen molar-refractivity contribution in [3.8, 4) is 5.82 Å². The topological polar surface area (TPSA) is 80.9 Å². The van der Waals surface area contributed by atoms with Crippen molar-refractivity contribution >= 4 is 5.97 Å². The standard InChI is InChI=1S/C9H8N4O2/c1-6-8(9(14)15)11-12-13(6)7-4-2-3-5-10-7/h2-5H,1H3,(H,14,15). The Labute approximate surface area is 85.2 Å². The number of carboxylic acid groups (broad SMARTS) is 1. The molecule has 0 bridgehead atoms. The van der Waals surface area contributed by atoms with Gasteiger partial charge >= 0.3 is 5.97 Å². The van der Waals surface area contributed by atoms with Gasteiger partial charge in [-0.15, -0.1) is 5.10 Å². The average Bonchev–Trinajstić information content (AvgIpc) is 2.61. The van der Waals surface area contributed by atoms with Crippen LogP contribution in [-0.2, 0) is 0 Å². The molecule has 0 amide bonds. The van der Waals surface area contributed by atoms with E-state index in [0.717, 1.165) is 0 Å². The molecule has 1 N–H and O–H groups in total. The van der Waals surface area contributed by atoms with Crippen LogP contribution in [0.5, 0.6) is 0 Å². The molecule has 2 rings (SSSR count). The number of pyridine rings is 1. The Hall–Kier alpha value is -2.24. The van der Waals surface area contributed by atoms with Crippen LogP contribution < -0.4 is 0 Å². The fraction of sp³-hybridized carbons (Fsp3) is 0.111. The molecule has 0 saturated heterocycles. The van der Waals surface area contributed by atoms with Gasteiger partial charge in [-0.3, -0.25) is 0 Å². The molecule has 0 aliphatic rings. The molecule has 0 saturated carbocycles. The summed E-state index contributed by atoms with van der Waals surface area (Å²) in [4.78, 5) is 14.8. The van der Waals surface area contributed by atoms with Crippen LogP contribution in [0.4, 0.5) is 0 Å². The zero-order chi connectivity index (χ0) is 10.8. The Bertz CT molecular complexity index is 492. The van der Waals surface area contributed by atoms with Crippen molar-refractivity contribution in [3.05, 3.63) is 35.8 Å². The number of carbonyl (C=O) groups is 1. The van der Waals surface area contributed by atoms with Crippen molar-refractivity contribution in [1.29, 1.82) is 0 Å². The molecule has 0 unspecified atom stereocenters. The van der Waals surface area contributed by atoms with E-state index in [4.69, 9.17) is 5.11 Å². The zero-order valence-electron chi connectivity index (χ0n) is 7.95. The molecule has 6 nitrogen and oxygen atoms in total. The van der Waals surface area contributed by atoms with Crippen LogP contribution in [-0.4, -0.2) is 31.1 Å². The summed E-state index contributed by atoms with van der Waals surface area (Å²) in [5.41, 5.74) is 0.404. The Balaban J connectivity index is 2.52. The number of hydrogen-bond donors (Lipinski definition) is 1. The van der Waals surface area contributed by atoms with Crippen molar-refractivity contribution in [2.45, 2.75) is 6.92 Å². The van der Waals surface area contributed by atoms with Crippen molar-refractivity contribution in [2.75, 3.05) is 0 Å². The van der Waals surface area contributed by atoms with E-state index in [2.05, 4.69) is 15.3 Å². The Morgan fingerprint density at radius 3 is 2.80 bits per heavy atom. The molecular weight excluding hydrogens is 196 g/mol. The minimum atomic E-state index is -1.09. The van der Waals surface area contributed by atoms with Gasteiger partial charge < -0.3 is 5.11 Å². The van der Waals surface area contributed by atoms with Gasteiger partial charge in [0.2, 0.25) is 0 Å². The highest BCUT2D eigenvalue weighted by Gasteiger charge is 2.15. The third-order valence-corrected chi connectivity index (χ3v) is 1.96. The molecule has 2 aromatic rings. The maximum Gasteiger partial charge on any atom is 0.358 e. The molecule has 0 aliphatic carbocycles. The van der Waals surface area contributed by atoms with Crippen molar-refractivity contribution in [2.24, 2.45) is 0 Å². The number of aromatic nitrogens is 4. The summed E-state index contributed by atoms with van der Waals surface area (Å²) in [6, 6.07) is 5.30. The Morgan fingerprint density at radius 1 is 1.47 bits per heavy atom. The normalized spacial score (nSPS) is 10.2. The Morgan fingerprint density at radius 2 is 2.27 bits per heavy atom. The zero-order valence-corrected chi connectivity index (χ0v) is 7.95. The number of aromatic carboxylic acids is 1. The smallest absolute Gasteiger partial charge is 0.358 e. The molecule has 6 heteroatoms. The van der Waals surface area contributed by atoms with E-state index >= 15 is 0 Å². The van der Waals surface area contributed by atoms with E-state index in [0.29, 0.717) is 11.5 Å². The summed E-state index contributed by atoms with van der Waals surface area (Å²) < 4.78 is 1.39. The van der Waals surface area contributed by atoms with Crippen LogP contribution in [0.2, 0.25) is 0 Å². The first-order valence-electron chi connectivity index (χ1n) is 4.27. The predicted molar refractivity (Wildman–Crippen MR) is 50.9 cm³/mol. The molecule has 0 aliphatic heterocycles. The molecule has 0 radical (unpaired) electrons. The van der Waals surface area contributed by atoms with Gasteiger partial charge in [0, 0.05) is 6.20 Å². The number of rotatable bonds is 2. The van der Waals surface area contributed by atoms with Crippen LogP contribution in [0.3, 0.4) is 0 Å². The first kappa shape index (κ1) is 9.32. The van der Waals surface area contributed by atoms with Crippen LogP contribution in [0, 0.1) is 6.92 Å². The monoisotopic (exact) mass is 204 g/mol. The van der Waals surface area contributed by atoms with Crippen molar-refractivity contribution < 1.29 is 9.90 Å². The Kier molecular flexibility index (Phi) is 2.17. The van der Waals surface area contributed by atoms with Gasteiger partial charge in [0.15, 0.2) is 11.5 Å². The summed E-state index contributed by atoms with van der Waals surface area (Å²) >= 11 is 0. The number of nitrogens with zero attached hydrogens (tertiary/aromatic N) is 4. The number of carboxylic acids is 1. The second kappa shape index (κ2) is 3.49. The third-order valence-electron chi connectivity index (χ3n) is 1.96. The fourth-order valence-electron chi connectivity index (χ4n) is 1.22. The molecule has 76 valence electrons. The minimum Gasteiger partial charge on any atom is -0.476 e. The van der Waals surface area contributed by atoms with Gasteiger partial charge in [0.25, 0.3) is 0 Å². The van der Waals surface area contributed by atoms with Gasteiger partial charge in [-0.05, 0) is 19.1 Å². The van der Waals surface area contributed by atoms with Crippen molar-refractivity contribution in [3.63, 3.8) is 0 Å². The molecule has 0 spiro atoms. The highest BCUT2D eigenvalue weighted by Crippen LogP contribution is 2.08. The van der Waals surface area contributed by atoms with Gasteiger partial charge in [-0.2, -0.15) is 4.68 Å². The second-order valence-corrected chi connectivity index (χ2v) is 2.93. The average molecular weight is 204 g/mol. The first-order valence-corrected chi connectivity index (χ1v) is 4.27. The highest BCUT2D eigenvalue weighted by molar-refractivity contribution is 5.86. The van der Waals surface area contributed by atoms with Crippen molar-refractivity contribution in [1.82, 2.24) is 20.0 Å². The van der Waals surface area contributed by atoms with Gasteiger partial charge in [0.1, 0.15) is 0 Å². The van der Waals surface area contributed by atoms with Gasteiger partial charge in [-0.25, -0.2) is 9.78 Å². The molecule has 0 aromatic carbocycles. The lowest BCUT2D eigenvalue weighted by Crippen LogP contribution is -2.03. The van der Waals surface area contributed by atoms with Crippen LogP contribution in [0.15, 0.2) is 24.4 Å². The van der Waals surface area contributed by atoms with E-state index in [9.17, 15) is 4.79 Å². The summed E-state index contributed by atoms with van der Waals surface area (Å²) in [6.45, 7) is 1.64. The lowest BCUT2D eigenvalue weighted by Gasteiger charge is -2.00. The first-order chi connectivity index (χ1) is 7.20. The SMILES string of the molecule is Cc1c(C(=O)O)nnn1-c1ccccn1. The maximum atomic E-state index is 10.7. The molecule has 0 fully saturated rings. The van der Waals surface area contributed by atoms with Crippen LogP contribution >= 0.6 is 0 Å². The molecule has 0 atom stereocenters. The largest absolute Gasteiger partial charge is 0.476 e. The predicted octanol–water partition coefficient (Wildman–Crippen LogP) is 0.669. The number of hydrogen-bond acceptors (Lipinski definition) is 4. The summed E-state index contributed by atoms with van der Waals surface area (Å²) in [5, 5.41) is 16.1. The summed E-state index contributed by atoms with van der Waals surface area (Å²) in [6.07, 6.45) is 1.61. The minimum absolute atomic E-state index is 0.0550. The van der Waals surface area contributed by atoms with Crippen LogP contribution in [0.25, 0.3) is 5.82 Å². The van der Waals surface area contributed by atoms with E-state index in [1.165, 1.54) is 4.68 Å². The van der Waals surface area contributed by atoms with E-state index in [-0.39, 0.29) is 5.69 Å². The molecular formula is C9H8N4O2. The van der Waals surface area contributed by atoms with Crippen LogP contribution in [0.1, 0.15) is 16.2 Å². The molecule has 2 heterocycles. The summed E-state index contributed by atoms with van der Waals surface area (Å²) in [5.74, 6) is -0.537. The second-order valence-electron chi connectivity index (χ2n) is 2.93. The fourth-order valence-corrected chi connectivity index (χ4v) is 1.22. The molecule has 2 aromatic heterocycles. The van der Waals surface area contributed by atoms with E-state index < -0.39 is 5.97 Å². The van der Waals surface area contributed by atoms with E-state index in [1.807, 2.05) is 0 Å². The van der Waals surface area contributed by atoms with E-state index in [1.54, 1.807) is 31.3 Å². The summed E-state index contributed by atoms with van der Waals surface area (Å²) in [7, 11) is 0. The maximum absolute atomic E-state index is 10.7. The highest BCUT2D eigenvalue weighted by atomic mass is 16.4.